The van der Waals surface area contributed by atoms with E-state index in [1.165, 1.54) is 32.4 Å². The summed E-state index contributed by atoms with van der Waals surface area (Å²) in [7, 11) is 0. The SMILES string of the molecule is CC(C)CNC(=O)CCNC1CCN2CCCC12. The van der Waals surface area contributed by atoms with Gasteiger partial charge in [-0.1, -0.05) is 13.8 Å². The molecule has 104 valence electrons. The second-order valence-corrected chi connectivity index (χ2v) is 6.04. The zero-order valence-corrected chi connectivity index (χ0v) is 11.7. The van der Waals surface area contributed by atoms with Gasteiger partial charge in [0.25, 0.3) is 0 Å². The Morgan fingerprint density at radius 1 is 1.33 bits per heavy atom. The van der Waals surface area contributed by atoms with Crippen LogP contribution in [0.5, 0.6) is 0 Å². The van der Waals surface area contributed by atoms with Gasteiger partial charge >= 0.3 is 0 Å². The molecular formula is C14H27N3O. The minimum absolute atomic E-state index is 0.178. The predicted molar refractivity (Wildman–Crippen MR) is 73.5 cm³/mol. The van der Waals surface area contributed by atoms with Crippen LogP contribution >= 0.6 is 0 Å². The Balaban J connectivity index is 1.59. The molecule has 0 aromatic carbocycles. The van der Waals surface area contributed by atoms with Gasteiger partial charge in [-0.15, -0.1) is 0 Å². The molecule has 2 unspecified atom stereocenters. The van der Waals surface area contributed by atoms with Crippen LogP contribution in [0.2, 0.25) is 0 Å². The maximum atomic E-state index is 11.6. The fourth-order valence-corrected chi connectivity index (χ4v) is 3.10. The molecule has 2 heterocycles. The summed E-state index contributed by atoms with van der Waals surface area (Å²) in [5, 5.41) is 6.53. The van der Waals surface area contributed by atoms with E-state index in [0.717, 1.165) is 19.1 Å². The van der Waals surface area contributed by atoms with Crippen LogP contribution in [-0.2, 0) is 4.79 Å². The first-order valence-electron chi connectivity index (χ1n) is 7.41. The van der Waals surface area contributed by atoms with E-state index >= 15 is 0 Å². The van der Waals surface area contributed by atoms with E-state index in [0.29, 0.717) is 18.4 Å². The number of nitrogens with zero attached hydrogens (tertiary/aromatic N) is 1. The van der Waals surface area contributed by atoms with Crippen LogP contribution in [-0.4, -0.2) is 49.1 Å². The van der Waals surface area contributed by atoms with Crippen LogP contribution in [0, 0.1) is 5.92 Å². The second kappa shape index (κ2) is 6.53. The molecular weight excluding hydrogens is 226 g/mol. The fourth-order valence-electron chi connectivity index (χ4n) is 3.10. The topological polar surface area (TPSA) is 44.4 Å². The Kier molecular flexibility index (Phi) is 5.01. The number of carbonyl (C=O) groups is 1. The molecule has 0 spiro atoms. The summed E-state index contributed by atoms with van der Waals surface area (Å²) < 4.78 is 0. The molecule has 2 aliphatic rings. The fraction of sp³-hybridized carbons (Fsp3) is 0.929. The molecule has 2 saturated heterocycles. The smallest absolute Gasteiger partial charge is 0.221 e. The van der Waals surface area contributed by atoms with Crippen molar-refractivity contribution in [2.24, 2.45) is 5.92 Å². The summed E-state index contributed by atoms with van der Waals surface area (Å²) in [5.41, 5.74) is 0. The number of nitrogens with one attached hydrogen (secondary N) is 2. The third-order valence-electron chi connectivity index (χ3n) is 4.07. The van der Waals surface area contributed by atoms with Gasteiger partial charge in [0.05, 0.1) is 0 Å². The van der Waals surface area contributed by atoms with Crippen LogP contribution in [0.15, 0.2) is 0 Å². The van der Waals surface area contributed by atoms with Gasteiger partial charge in [0.1, 0.15) is 0 Å². The Labute approximate surface area is 110 Å². The third-order valence-corrected chi connectivity index (χ3v) is 4.07. The van der Waals surface area contributed by atoms with Crippen molar-refractivity contribution in [1.82, 2.24) is 15.5 Å². The number of amides is 1. The quantitative estimate of drug-likeness (QED) is 0.741. The minimum atomic E-state index is 0.178. The summed E-state index contributed by atoms with van der Waals surface area (Å²) in [5.74, 6) is 0.710. The van der Waals surface area contributed by atoms with Gasteiger partial charge in [0.2, 0.25) is 5.91 Å². The predicted octanol–water partition coefficient (Wildman–Crippen LogP) is 0.975. The molecule has 2 fully saturated rings. The number of carbonyl (C=O) groups excluding carboxylic acids is 1. The van der Waals surface area contributed by atoms with Crippen molar-refractivity contribution in [3.05, 3.63) is 0 Å². The molecule has 1 amide bonds. The lowest BCUT2D eigenvalue weighted by Gasteiger charge is -2.21. The zero-order valence-electron chi connectivity index (χ0n) is 11.7. The van der Waals surface area contributed by atoms with Gasteiger partial charge in [0.15, 0.2) is 0 Å². The first-order chi connectivity index (χ1) is 8.66. The van der Waals surface area contributed by atoms with E-state index < -0.39 is 0 Å². The molecule has 0 saturated carbocycles. The van der Waals surface area contributed by atoms with E-state index in [2.05, 4.69) is 29.4 Å². The Hall–Kier alpha value is -0.610. The minimum Gasteiger partial charge on any atom is -0.356 e. The normalized spacial score (nSPS) is 27.7. The van der Waals surface area contributed by atoms with E-state index in [1.807, 2.05) is 0 Å². The summed E-state index contributed by atoms with van der Waals surface area (Å²) >= 11 is 0. The number of rotatable bonds is 6. The molecule has 18 heavy (non-hydrogen) atoms. The van der Waals surface area contributed by atoms with Gasteiger partial charge < -0.3 is 10.6 Å². The summed E-state index contributed by atoms with van der Waals surface area (Å²) in [6.07, 6.45) is 4.53. The second-order valence-electron chi connectivity index (χ2n) is 6.04. The molecule has 2 atom stereocenters. The molecule has 4 heteroatoms. The first-order valence-corrected chi connectivity index (χ1v) is 7.41. The average Bonchev–Trinajstić information content (AvgIpc) is 2.90. The largest absolute Gasteiger partial charge is 0.356 e. The molecule has 2 N–H and O–H groups in total. The molecule has 0 aromatic rings. The van der Waals surface area contributed by atoms with Gasteiger partial charge in [0, 0.05) is 38.1 Å². The number of hydrogen-bond acceptors (Lipinski definition) is 3. The van der Waals surface area contributed by atoms with E-state index in [-0.39, 0.29) is 5.91 Å². The maximum Gasteiger partial charge on any atom is 0.221 e. The highest BCUT2D eigenvalue weighted by Crippen LogP contribution is 2.27. The lowest BCUT2D eigenvalue weighted by Crippen LogP contribution is -2.40. The zero-order chi connectivity index (χ0) is 13.0. The number of fused-ring (bicyclic) bond motifs is 1. The van der Waals surface area contributed by atoms with Crippen LogP contribution in [0.3, 0.4) is 0 Å². The Bertz CT molecular complexity index is 280. The lowest BCUT2D eigenvalue weighted by molar-refractivity contribution is -0.121. The Morgan fingerprint density at radius 2 is 2.17 bits per heavy atom. The molecule has 0 bridgehead atoms. The molecule has 2 rings (SSSR count). The van der Waals surface area contributed by atoms with Gasteiger partial charge in [-0.3, -0.25) is 9.69 Å². The summed E-state index contributed by atoms with van der Waals surface area (Å²) in [6.45, 7) is 8.36. The van der Waals surface area contributed by atoms with Gasteiger partial charge in [-0.05, 0) is 31.7 Å². The van der Waals surface area contributed by atoms with Crippen molar-refractivity contribution < 1.29 is 4.79 Å². The van der Waals surface area contributed by atoms with Crippen LogP contribution in [0.1, 0.15) is 39.5 Å². The summed E-state index contributed by atoms with van der Waals surface area (Å²) in [6, 6.07) is 1.36. The van der Waals surface area contributed by atoms with Gasteiger partial charge in [-0.2, -0.15) is 0 Å². The van der Waals surface area contributed by atoms with Crippen molar-refractivity contribution in [1.29, 1.82) is 0 Å². The molecule has 2 aliphatic heterocycles. The molecule has 4 nitrogen and oxygen atoms in total. The maximum absolute atomic E-state index is 11.6. The number of hydrogen-bond donors (Lipinski definition) is 2. The third kappa shape index (κ3) is 3.69. The standard InChI is InChI=1S/C14H27N3O/c1-11(2)10-16-14(18)5-7-15-12-6-9-17-8-3-4-13(12)17/h11-13,15H,3-10H2,1-2H3,(H,16,18). The molecule has 0 radical (unpaired) electrons. The van der Waals surface area contributed by atoms with Gasteiger partial charge in [-0.25, -0.2) is 0 Å². The summed E-state index contributed by atoms with van der Waals surface area (Å²) in [4.78, 5) is 14.2. The highest BCUT2D eigenvalue weighted by atomic mass is 16.1. The highest BCUT2D eigenvalue weighted by Gasteiger charge is 2.36. The molecule has 0 aromatic heterocycles. The van der Waals surface area contributed by atoms with E-state index in [9.17, 15) is 4.79 Å². The lowest BCUT2D eigenvalue weighted by atomic mass is 10.1. The monoisotopic (exact) mass is 253 g/mol. The van der Waals surface area contributed by atoms with Crippen molar-refractivity contribution >= 4 is 5.91 Å². The molecule has 0 aliphatic carbocycles. The van der Waals surface area contributed by atoms with Crippen molar-refractivity contribution in [3.8, 4) is 0 Å². The van der Waals surface area contributed by atoms with Crippen LogP contribution in [0.25, 0.3) is 0 Å². The highest BCUT2D eigenvalue weighted by molar-refractivity contribution is 5.76. The van der Waals surface area contributed by atoms with E-state index in [1.54, 1.807) is 0 Å². The van der Waals surface area contributed by atoms with Crippen LogP contribution < -0.4 is 10.6 Å². The van der Waals surface area contributed by atoms with E-state index in [4.69, 9.17) is 0 Å². The van der Waals surface area contributed by atoms with Crippen molar-refractivity contribution in [2.75, 3.05) is 26.2 Å². The van der Waals surface area contributed by atoms with Crippen molar-refractivity contribution in [2.45, 2.75) is 51.6 Å². The van der Waals surface area contributed by atoms with Crippen LogP contribution in [0.4, 0.5) is 0 Å². The first kappa shape index (κ1) is 13.8. The average molecular weight is 253 g/mol. The van der Waals surface area contributed by atoms with Crippen molar-refractivity contribution in [3.63, 3.8) is 0 Å². The Morgan fingerprint density at radius 3 is 2.94 bits per heavy atom.